The van der Waals surface area contributed by atoms with E-state index in [9.17, 15) is 4.39 Å². The lowest BCUT2D eigenvalue weighted by Gasteiger charge is -2.20. The number of methoxy groups -OCH3 is 2. The summed E-state index contributed by atoms with van der Waals surface area (Å²) in [5, 5.41) is 3.92. The quantitative estimate of drug-likeness (QED) is 0.593. The molecule has 1 heterocycles. The summed E-state index contributed by atoms with van der Waals surface area (Å²) in [5.41, 5.74) is 2.03. The van der Waals surface area contributed by atoms with E-state index < -0.39 is 0 Å². The summed E-state index contributed by atoms with van der Waals surface area (Å²) in [6.07, 6.45) is 1.54. The highest BCUT2D eigenvalue weighted by Gasteiger charge is 2.17. The van der Waals surface area contributed by atoms with Crippen molar-refractivity contribution in [1.29, 1.82) is 0 Å². The maximum atomic E-state index is 13.7. The first kappa shape index (κ1) is 17.0. The molecular weight excluding hydrogens is 329 g/mol. The van der Waals surface area contributed by atoms with Crippen LogP contribution in [0, 0.1) is 5.82 Å². The van der Waals surface area contributed by atoms with Gasteiger partial charge in [0.05, 0.1) is 27.0 Å². The average Bonchev–Trinajstić information content (AvgIpc) is 2.64. The average molecular weight is 347 g/mol. The molecule has 0 amide bonds. The molecule has 0 aromatic heterocycles. The SMILES string of the molecule is COc1ccc(/C=N/OCc2cc(F)cc3c2OCOC3)cc1OC. The summed E-state index contributed by atoms with van der Waals surface area (Å²) in [5.74, 6) is 1.45. The number of benzene rings is 2. The van der Waals surface area contributed by atoms with Crippen molar-refractivity contribution in [2.45, 2.75) is 13.2 Å². The van der Waals surface area contributed by atoms with Crippen molar-refractivity contribution in [3.8, 4) is 17.2 Å². The van der Waals surface area contributed by atoms with E-state index in [2.05, 4.69) is 5.16 Å². The zero-order chi connectivity index (χ0) is 17.6. The molecule has 3 rings (SSSR count). The van der Waals surface area contributed by atoms with Crippen molar-refractivity contribution < 1.29 is 28.2 Å². The topological polar surface area (TPSA) is 58.5 Å². The standard InChI is InChI=1S/C18H18FNO5/c1-21-16-4-3-12(5-17(16)22-2)8-20-25-10-14-7-15(19)6-13-9-23-11-24-18(13)14/h3-8H,9-11H2,1-2H3/b20-8+. The summed E-state index contributed by atoms with van der Waals surface area (Å²) in [6, 6.07) is 8.13. The summed E-state index contributed by atoms with van der Waals surface area (Å²) in [7, 11) is 3.13. The summed E-state index contributed by atoms with van der Waals surface area (Å²) < 4.78 is 34.6. The van der Waals surface area contributed by atoms with Crippen molar-refractivity contribution in [3.63, 3.8) is 0 Å². The number of nitrogens with zero attached hydrogens (tertiary/aromatic N) is 1. The van der Waals surface area contributed by atoms with Crippen LogP contribution in [-0.2, 0) is 22.8 Å². The van der Waals surface area contributed by atoms with Gasteiger partial charge < -0.3 is 23.8 Å². The van der Waals surface area contributed by atoms with Gasteiger partial charge in [-0.05, 0) is 30.3 Å². The van der Waals surface area contributed by atoms with E-state index in [1.54, 1.807) is 26.4 Å². The minimum atomic E-state index is -0.365. The molecule has 0 bridgehead atoms. The van der Waals surface area contributed by atoms with Crippen LogP contribution in [0.4, 0.5) is 4.39 Å². The maximum absolute atomic E-state index is 13.7. The highest BCUT2D eigenvalue weighted by Crippen LogP contribution is 2.30. The number of fused-ring (bicyclic) bond motifs is 1. The molecule has 132 valence electrons. The van der Waals surface area contributed by atoms with E-state index in [-0.39, 0.29) is 19.2 Å². The van der Waals surface area contributed by atoms with Gasteiger partial charge in [0.2, 0.25) is 0 Å². The molecule has 0 fully saturated rings. The number of rotatable bonds is 6. The fourth-order valence-electron chi connectivity index (χ4n) is 2.50. The van der Waals surface area contributed by atoms with Crippen LogP contribution in [0.5, 0.6) is 17.2 Å². The molecule has 0 radical (unpaired) electrons. The Morgan fingerprint density at radius 3 is 2.80 bits per heavy atom. The Morgan fingerprint density at radius 2 is 2.00 bits per heavy atom. The number of halogens is 1. The minimum absolute atomic E-state index is 0.0872. The van der Waals surface area contributed by atoms with Crippen molar-refractivity contribution in [2.24, 2.45) is 5.16 Å². The van der Waals surface area contributed by atoms with Gasteiger partial charge in [-0.15, -0.1) is 0 Å². The summed E-state index contributed by atoms with van der Waals surface area (Å²) >= 11 is 0. The van der Waals surface area contributed by atoms with Crippen LogP contribution >= 0.6 is 0 Å². The lowest BCUT2D eigenvalue weighted by atomic mass is 10.1. The van der Waals surface area contributed by atoms with E-state index in [0.29, 0.717) is 35.0 Å². The molecule has 0 N–H and O–H groups in total. The second-order valence-electron chi connectivity index (χ2n) is 5.29. The molecule has 0 atom stereocenters. The molecule has 1 aliphatic rings. The third-order valence-electron chi connectivity index (χ3n) is 3.66. The van der Waals surface area contributed by atoms with Gasteiger partial charge in [0.25, 0.3) is 0 Å². The molecule has 25 heavy (non-hydrogen) atoms. The fraction of sp³-hybridized carbons (Fsp3) is 0.278. The molecule has 0 aliphatic carbocycles. The molecule has 0 saturated heterocycles. The normalized spacial score (nSPS) is 13.2. The molecular formula is C18H18FNO5. The van der Waals surface area contributed by atoms with Crippen molar-refractivity contribution in [3.05, 3.63) is 52.8 Å². The van der Waals surface area contributed by atoms with Gasteiger partial charge in [-0.25, -0.2) is 4.39 Å². The Kier molecular flexibility index (Phi) is 5.35. The first-order valence-corrected chi connectivity index (χ1v) is 7.60. The smallest absolute Gasteiger partial charge is 0.189 e. The van der Waals surface area contributed by atoms with E-state index in [1.807, 2.05) is 6.07 Å². The number of ether oxygens (including phenoxy) is 4. The predicted molar refractivity (Wildman–Crippen MR) is 88.6 cm³/mol. The van der Waals surface area contributed by atoms with E-state index in [0.717, 1.165) is 5.56 Å². The number of hydrogen-bond acceptors (Lipinski definition) is 6. The largest absolute Gasteiger partial charge is 0.493 e. The van der Waals surface area contributed by atoms with Gasteiger partial charge >= 0.3 is 0 Å². The van der Waals surface area contributed by atoms with Crippen LogP contribution in [0.2, 0.25) is 0 Å². The first-order valence-electron chi connectivity index (χ1n) is 7.60. The minimum Gasteiger partial charge on any atom is -0.493 e. The van der Waals surface area contributed by atoms with Crippen LogP contribution in [-0.4, -0.2) is 27.2 Å². The lowest BCUT2D eigenvalue weighted by molar-refractivity contribution is -0.0186. The Morgan fingerprint density at radius 1 is 1.16 bits per heavy atom. The monoisotopic (exact) mass is 347 g/mol. The fourth-order valence-corrected chi connectivity index (χ4v) is 2.50. The van der Waals surface area contributed by atoms with Crippen LogP contribution in [0.15, 0.2) is 35.5 Å². The maximum Gasteiger partial charge on any atom is 0.189 e. The number of oxime groups is 1. The van der Waals surface area contributed by atoms with Gasteiger partial charge in [-0.3, -0.25) is 0 Å². The Hall–Kier alpha value is -2.80. The van der Waals surface area contributed by atoms with Gasteiger partial charge in [0.1, 0.15) is 18.2 Å². The van der Waals surface area contributed by atoms with Gasteiger partial charge in [-0.2, -0.15) is 0 Å². The van der Waals surface area contributed by atoms with E-state index in [4.69, 9.17) is 23.8 Å². The molecule has 6 nitrogen and oxygen atoms in total. The lowest BCUT2D eigenvalue weighted by Crippen LogP contribution is -2.13. The van der Waals surface area contributed by atoms with Crippen LogP contribution < -0.4 is 14.2 Å². The Labute approximate surface area is 144 Å². The molecule has 2 aromatic carbocycles. The first-order chi connectivity index (χ1) is 12.2. The second-order valence-corrected chi connectivity index (χ2v) is 5.29. The van der Waals surface area contributed by atoms with Crippen LogP contribution in [0.25, 0.3) is 0 Å². The van der Waals surface area contributed by atoms with Gasteiger partial charge in [-0.1, -0.05) is 5.16 Å². The van der Waals surface area contributed by atoms with Crippen LogP contribution in [0.1, 0.15) is 16.7 Å². The predicted octanol–water partition coefficient (Wildman–Crippen LogP) is 3.26. The van der Waals surface area contributed by atoms with Crippen molar-refractivity contribution in [2.75, 3.05) is 21.0 Å². The molecule has 2 aromatic rings. The zero-order valence-corrected chi connectivity index (χ0v) is 14.0. The molecule has 0 spiro atoms. The van der Waals surface area contributed by atoms with Gasteiger partial charge in [0, 0.05) is 16.7 Å². The molecule has 0 unspecified atom stereocenters. The molecule has 7 heteroatoms. The Bertz CT molecular complexity index is 778. The Balaban J connectivity index is 1.67. The third-order valence-corrected chi connectivity index (χ3v) is 3.66. The summed E-state index contributed by atoms with van der Waals surface area (Å²) in [4.78, 5) is 5.28. The van der Waals surface area contributed by atoms with Crippen LogP contribution in [0.3, 0.4) is 0 Å². The highest BCUT2D eigenvalue weighted by molar-refractivity contribution is 5.80. The van der Waals surface area contributed by atoms with Crippen molar-refractivity contribution >= 4 is 6.21 Å². The molecule has 1 aliphatic heterocycles. The van der Waals surface area contributed by atoms with Crippen molar-refractivity contribution in [1.82, 2.24) is 0 Å². The van der Waals surface area contributed by atoms with E-state index in [1.165, 1.54) is 18.3 Å². The van der Waals surface area contributed by atoms with Gasteiger partial charge in [0.15, 0.2) is 18.3 Å². The second kappa shape index (κ2) is 7.85. The molecule has 0 saturated carbocycles. The number of hydrogen-bond donors (Lipinski definition) is 0. The third kappa shape index (κ3) is 4.00. The summed E-state index contributed by atoms with van der Waals surface area (Å²) in [6.45, 7) is 0.541. The zero-order valence-electron chi connectivity index (χ0n) is 14.0. The van der Waals surface area contributed by atoms with E-state index >= 15 is 0 Å². The highest BCUT2D eigenvalue weighted by atomic mass is 19.1.